The third-order valence-electron chi connectivity index (χ3n) is 2.11. The zero-order valence-corrected chi connectivity index (χ0v) is 8.09. The summed E-state index contributed by atoms with van der Waals surface area (Å²) in [6.07, 6.45) is 2.98. The first-order valence-corrected chi connectivity index (χ1v) is 4.75. The van der Waals surface area contributed by atoms with Crippen molar-refractivity contribution in [1.29, 1.82) is 0 Å². The van der Waals surface area contributed by atoms with Crippen molar-refractivity contribution in [3.63, 3.8) is 0 Å². The SMILES string of the molecule is CC(C)Nc1cnc2c(c1)CCN2. The molecule has 0 fully saturated rings. The normalized spacial score (nSPS) is 14.1. The van der Waals surface area contributed by atoms with Crippen LogP contribution in [-0.2, 0) is 6.42 Å². The van der Waals surface area contributed by atoms with Crippen LogP contribution in [0.5, 0.6) is 0 Å². The van der Waals surface area contributed by atoms with Crippen molar-refractivity contribution in [3.05, 3.63) is 17.8 Å². The van der Waals surface area contributed by atoms with Gasteiger partial charge in [0.15, 0.2) is 0 Å². The topological polar surface area (TPSA) is 37.0 Å². The largest absolute Gasteiger partial charge is 0.382 e. The van der Waals surface area contributed by atoms with Gasteiger partial charge in [0.05, 0.1) is 11.9 Å². The number of nitrogens with one attached hydrogen (secondary N) is 2. The van der Waals surface area contributed by atoms with Crippen LogP contribution in [0.25, 0.3) is 0 Å². The number of nitrogens with zero attached hydrogens (tertiary/aromatic N) is 1. The Kier molecular flexibility index (Phi) is 2.08. The van der Waals surface area contributed by atoms with Gasteiger partial charge >= 0.3 is 0 Å². The molecule has 2 heterocycles. The number of hydrogen-bond acceptors (Lipinski definition) is 3. The van der Waals surface area contributed by atoms with Gasteiger partial charge in [-0.15, -0.1) is 0 Å². The molecule has 2 rings (SSSR count). The van der Waals surface area contributed by atoms with E-state index in [0.29, 0.717) is 6.04 Å². The van der Waals surface area contributed by atoms with E-state index in [0.717, 1.165) is 24.5 Å². The van der Waals surface area contributed by atoms with Crippen molar-refractivity contribution >= 4 is 11.5 Å². The van der Waals surface area contributed by atoms with Crippen LogP contribution in [0.1, 0.15) is 19.4 Å². The first kappa shape index (κ1) is 8.35. The summed E-state index contributed by atoms with van der Waals surface area (Å²) in [5, 5.41) is 6.59. The van der Waals surface area contributed by atoms with Gasteiger partial charge in [-0.1, -0.05) is 0 Å². The maximum Gasteiger partial charge on any atom is 0.129 e. The molecule has 0 spiro atoms. The second-order valence-corrected chi connectivity index (χ2v) is 3.71. The number of fused-ring (bicyclic) bond motifs is 1. The second kappa shape index (κ2) is 3.24. The Morgan fingerprint density at radius 1 is 1.54 bits per heavy atom. The molecule has 0 unspecified atom stereocenters. The van der Waals surface area contributed by atoms with E-state index < -0.39 is 0 Å². The lowest BCUT2D eigenvalue weighted by Crippen LogP contribution is -2.09. The van der Waals surface area contributed by atoms with Gasteiger partial charge in [0.2, 0.25) is 0 Å². The summed E-state index contributed by atoms with van der Waals surface area (Å²) in [6, 6.07) is 2.65. The zero-order chi connectivity index (χ0) is 9.26. The van der Waals surface area contributed by atoms with Crippen LogP contribution in [0.2, 0.25) is 0 Å². The maximum atomic E-state index is 4.34. The van der Waals surface area contributed by atoms with Crippen LogP contribution in [0.15, 0.2) is 12.3 Å². The zero-order valence-electron chi connectivity index (χ0n) is 8.09. The minimum absolute atomic E-state index is 0.467. The van der Waals surface area contributed by atoms with Gasteiger partial charge in [0.25, 0.3) is 0 Å². The molecule has 0 aromatic carbocycles. The molecule has 3 heteroatoms. The Balaban J connectivity index is 2.21. The minimum atomic E-state index is 0.467. The summed E-state index contributed by atoms with van der Waals surface area (Å²) < 4.78 is 0. The maximum absolute atomic E-state index is 4.34. The highest BCUT2D eigenvalue weighted by Gasteiger charge is 2.11. The summed E-state index contributed by atoms with van der Waals surface area (Å²) in [5.41, 5.74) is 2.45. The van der Waals surface area contributed by atoms with Crippen molar-refractivity contribution in [2.24, 2.45) is 0 Å². The Bertz CT molecular complexity index is 307. The third-order valence-corrected chi connectivity index (χ3v) is 2.11. The van der Waals surface area contributed by atoms with Gasteiger partial charge in [-0.25, -0.2) is 4.98 Å². The van der Waals surface area contributed by atoms with E-state index in [4.69, 9.17) is 0 Å². The number of hydrogen-bond donors (Lipinski definition) is 2. The fourth-order valence-corrected chi connectivity index (χ4v) is 1.59. The quantitative estimate of drug-likeness (QED) is 0.724. The first-order chi connectivity index (χ1) is 6.25. The van der Waals surface area contributed by atoms with Crippen LogP contribution in [0.4, 0.5) is 11.5 Å². The molecule has 0 aliphatic carbocycles. The summed E-state index contributed by atoms with van der Waals surface area (Å²) >= 11 is 0. The summed E-state index contributed by atoms with van der Waals surface area (Å²) in [7, 11) is 0. The van der Waals surface area contributed by atoms with E-state index in [1.165, 1.54) is 5.56 Å². The van der Waals surface area contributed by atoms with Crippen LogP contribution >= 0.6 is 0 Å². The lowest BCUT2D eigenvalue weighted by molar-refractivity contribution is 0.897. The monoisotopic (exact) mass is 177 g/mol. The number of pyridine rings is 1. The lowest BCUT2D eigenvalue weighted by Gasteiger charge is -2.10. The van der Waals surface area contributed by atoms with E-state index in [1.54, 1.807) is 0 Å². The minimum Gasteiger partial charge on any atom is -0.382 e. The van der Waals surface area contributed by atoms with E-state index >= 15 is 0 Å². The second-order valence-electron chi connectivity index (χ2n) is 3.71. The Morgan fingerprint density at radius 2 is 2.38 bits per heavy atom. The molecule has 1 aliphatic rings. The Labute approximate surface area is 78.6 Å². The number of anilines is 2. The van der Waals surface area contributed by atoms with Gasteiger partial charge < -0.3 is 10.6 Å². The summed E-state index contributed by atoms with van der Waals surface area (Å²) in [6.45, 7) is 5.28. The van der Waals surface area contributed by atoms with Crippen molar-refractivity contribution in [3.8, 4) is 0 Å². The first-order valence-electron chi connectivity index (χ1n) is 4.75. The van der Waals surface area contributed by atoms with Crippen molar-refractivity contribution in [1.82, 2.24) is 4.98 Å². The molecule has 1 aromatic heterocycles. The third kappa shape index (κ3) is 1.74. The predicted octanol–water partition coefficient (Wildman–Crippen LogP) is 1.87. The van der Waals surface area contributed by atoms with Crippen molar-refractivity contribution < 1.29 is 0 Å². The summed E-state index contributed by atoms with van der Waals surface area (Å²) in [5.74, 6) is 1.05. The average molecular weight is 177 g/mol. The van der Waals surface area contributed by atoms with Crippen molar-refractivity contribution in [2.45, 2.75) is 26.3 Å². The highest BCUT2D eigenvalue weighted by molar-refractivity contribution is 5.56. The van der Waals surface area contributed by atoms with Gasteiger partial charge in [0, 0.05) is 12.6 Å². The van der Waals surface area contributed by atoms with Crippen LogP contribution < -0.4 is 10.6 Å². The van der Waals surface area contributed by atoms with E-state index in [2.05, 4.69) is 35.5 Å². The highest BCUT2D eigenvalue weighted by atomic mass is 15.0. The number of aromatic nitrogens is 1. The molecule has 70 valence electrons. The van der Waals surface area contributed by atoms with Crippen LogP contribution in [0.3, 0.4) is 0 Å². The fraction of sp³-hybridized carbons (Fsp3) is 0.500. The molecule has 2 N–H and O–H groups in total. The molecule has 13 heavy (non-hydrogen) atoms. The molecule has 0 saturated heterocycles. The van der Waals surface area contributed by atoms with Crippen LogP contribution in [-0.4, -0.2) is 17.6 Å². The molecule has 0 atom stereocenters. The number of rotatable bonds is 2. The summed E-state index contributed by atoms with van der Waals surface area (Å²) in [4.78, 5) is 4.34. The van der Waals surface area contributed by atoms with Gasteiger partial charge in [-0.2, -0.15) is 0 Å². The molecule has 0 bridgehead atoms. The van der Waals surface area contributed by atoms with E-state index in [9.17, 15) is 0 Å². The van der Waals surface area contributed by atoms with Gasteiger partial charge in [-0.3, -0.25) is 0 Å². The van der Waals surface area contributed by atoms with Crippen molar-refractivity contribution in [2.75, 3.05) is 17.2 Å². The predicted molar refractivity (Wildman–Crippen MR) is 55.2 cm³/mol. The standard InChI is InChI=1S/C10H15N3/c1-7(2)13-9-5-8-3-4-11-10(8)12-6-9/h5-7,13H,3-4H2,1-2H3,(H,11,12). The Morgan fingerprint density at radius 3 is 3.15 bits per heavy atom. The molecular formula is C10H15N3. The molecule has 0 radical (unpaired) electrons. The smallest absolute Gasteiger partial charge is 0.129 e. The van der Waals surface area contributed by atoms with E-state index in [1.807, 2.05) is 6.20 Å². The van der Waals surface area contributed by atoms with E-state index in [-0.39, 0.29) is 0 Å². The highest BCUT2D eigenvalue weighted by Crippen LogP contribution is 2.22. The fourth-order valence-electron chi connectivity index (χ4n) is 1.59. The lowest BCUT2D eigenvalue weighted by atomic mass is 10.2. The molecule has 3 nitrogen and oxygen atoms in total. The average Bonchev–Trinajstić information content (AvgIpc) is 2.49. The molecular weight excluding hydrogens is 162 g/mol. The molecule has 1 aliphatic heterocycles. The molecule has 0 saturated carbocycles. The van der Waals surface area contributed by atoms with Crippen LogP contribution in [0, 0.1) is 0 Å². The molecule has 0 amide bonds. The van der Waals surface area contributed by atoms with Gasteiger partial charge in [0.1, 0.15) is 5.82 Å². The molecule has 1 aromatic rings. The van der Waals surface area contributed by atoms with Gasteiger partial charge in [-0.05, 0) is 31.9 Å². The Hall–Kier alpha value is -1.25.